The molecule has 8 heteroatoms. The van der Waals surface area contributed by atoms with Crippen LogP contribution in [-0.4, -0.2) is 25.1 Å². The molecule has 0 bridgehead atoms. The summed E-state index contributed by atoms with van der Waals surface area (Å²) in [6.07, 6.45) is 5.01. The fraction of sp³-hybridized carbons (Fsp3) is 0.440. The van der Waals surface area contributed by atoms with E-state index in [1.165, 1.54) is 4.31 Å². The zero-order chi connectivity index (χ0) is 23.6. The maximum Gasteiger partial charge on any atom is 0.265 e. The minimum absolute atomic E-state index is 0.223. The largest absolute Gasteiger partial charge is 0.489 e. The van der Waals surface area contributed by atoms with E-state index in [1.54, 1.807) is 30.5 Å². The lowest BCUT2D eigenvalue weighted by atomic mass is 9.85. The Labute approximate surface area is 195 Å². The summed E-state index contributed by atoms with van der Waals surface area (Å²) in [7, 11) is -3.76. The SMILES string of the molecule is Cc1noc(C)c1COc1ccc(S(=O)(=O)N(CC2CCC2)c2ccc(C(C)C)cn2)cc1. The van der Waals surface area contributed by atoms with Crippen molar-refractivity contribution in [1.82, 2.24) is 10.1 Å². The van der Waals surface area contributed by atoms with Gasteiger partial charge in [-0.2, -0.15) is 0 Å². The number of aryl methyl sites for hydroxylation is 2. The maximum atomic E-state index is 13.6. The molecule has 0 saturated heterocycles. The van der Waals surface area contributed by atoms with Crippen molar-refractivity contribution in [1.29, 1.82) is 0 Å². The Hall–Kier alpha value is -2.87. The van der Waals surface area contributed by atoms with Gasteiger partial charge in [0.25, 0.3) is 10.0 Å². The molecule has 1 saturated carbocycles. The van der Waals surface area contributed by atoms with E-state index >= 15 is 0 Å². The first-order valence-electron chi connectivity index (χ1n) is 11.4. The summed E-state index contributed by atoms with van der Waals surface area (Å²) >= 11 is 0. The fourth-order valence-electron chi connectivity index (χ4n) is 3.81. The molecule has 3 aromatic rings. The van der Waals surface area contributed by atoms with Crippen LogP contribution < -0.4 is 9.04 Å². The van der Waals surface area contributed by atoms with E-state index in [1.807, 2.05) is 26.0 Å². The second kappa shape index (κ2) is 9.55. The first-order chi connectivity index (χ1) is 15.8. The van der Waals surface area contributed by atoms with E-state index in [0.29, 0.717) is 42.3 Å². The Morgan fingerprint density at radius 2 is 1.85 bits per heavy atom. The van der Waals surface area contributed by atoms with Crippen molar-refractivity contribution < 1.29 is 17.7 Å². The van der Waals surface area contributed by atoms with Gasteiger partial charge < -0.3 is 9.26 Å². The minimum atomic E-state index is -3.76. The predicted molar refractivity (Wildman–Crippen MR) is 127 cm³/mol. The van der Waals surface area contributed by atoms with Gasteiger partial charge in [0.2, 0.25) is 0 Å². The Morgan fingerprint density at radius 3 is 2.36 bits per heavy atom. The lowest BCUT2D eigenvalue weighted by Gasteiger charge is -2.32. The summed E-state index contributed by atoms with van der Waals surface area (Å²) in [4.78, 5) is 4.73. The predicted octanol–water partition coefficient (Wildman–Crippen LogP) is 5.38. The molecule has 0 radical (unpaired) electrons. The van der Waals surface area contributed by atoms with Gasteiger partial charge in [-0.1, -0.05) is 31.5 Å². The number of anilines is 1. The normalized spacial score (nSPS) is 14.3. The van der Waals surface area contributed by atoms with Gasteiger partial charge >= 0.3 is 0 Å². The number of rotatable bonds is 9. The lowest BCUT2D eigenvalue weighted by molar-refractivity contribution is 0.301. The first kappa shape index (κ1) is 23.3. The van der Waals surface area contributed by atoms with Crippen molar-refractivity contribution in [2.45, 2.75) is 64.4 Å². The highest BCUT2D eigenvalue weighted by molar-refractivity contribution is 7.92. The van der Waals surface area contributed by atoms with Gasteiger partial charge in [-0.05, 0) is 74.4 Å². The van der Waals surface area contributed by atoms with Crippen LogP contribution in [0.3, 0.4) is 0 Å². The van der Waals surface area contributed by atoms with Crippen molar-refractivity contribution in [2.24, 2.45) is 5.92 Å². The smallest absolute Gasteiger partial charge is 0.265 e. The van der Waals surface area contributed by atoms with E-state index < -0.39 is 10.0 Å². The monoisotopic (exact) mass is 469 g/mol. The third-order valence-corrected chi connectivity index (χ3v) is 8.10. The molecule has 0 amide bonds. The summed E-state index contributed by atoms with van der Waals surface area (Å²) in [6.45, 7) is 8.65. The Morgan fingerprint density at radius 1 is 1.12 bits per heavy atom. The molecular weight excluding hydrogens is 438 g/mol. The van der Waals surface area contributed by atoms with E-state index in [-0.39, 0.29) is 4.90 Å². The summed E-state index contributed by atoms with van der Waals surface area (Å²) in [6, 6.07) is 10.3. The molecule has 0 unspecified atom stereocenters. The molecule has 0 aliphatic heterocycles. The van der Waals surface area contributed by atoms with E-state index in [2.05, 4.69) is 24.0 Å². The molecule has 7 nitrogen and oxygen atoms in total. The lowest BCUT2D eigenvalue weighted by Crippen LogP contribution is -2.38. The summed E-state index contributed by atoms with van der Waals surface area (Å²) in [5.41, 5.74) is 2.77. The van der Waals surface area contributed by atoms with Crippen LogP contribution in [-0.2, 0) is 16.6 Å². The first-order valence-corrected chi connectivity index (χ1v) is 12.8. The highest BCUT2D eigenvalue weighted by Crippen LogP contribution is 2.32. The Bertz CT molecular complexity index is 1160. The van der Waals surface area contributed by atoms with Crippen molar-refractivity contribution in [3.8, 4) is 5.75 Å². The van der Waals surface area contributed by atoms with Crippen LogP contribution in [0, 0.1) is 19.8 Å². The number of ether oxygens (including phenoxy) is 1. The minimum Gasteiger partial charge on any atom is -0.489 e. The highest BCUT2D eigenvalue weighted by atomic mass is 32.2. The van der Waals surface area contributed by atoms with Gasteiger partial charge in [-0.3, -0.25) is 0 Å². The molecule has 1 aromatic carbocycles. The molecule has 1 fully saturated rings. The Balaban J connectivity index is 1.55. The van der Waals surface area contributed by atoms with Crippen LogP contribution in [0.5, 0.6) is 5.75 Å². The van der Waals surface area contributed by atoms with Gasteiger partial charge in [0.1, 0.15) is 23.9 Å². The third kappa shape index (κ3) is 5.05. The summed E-state index contributed by atoms with van der Waals surface area (Å²) in [5, 5.41) is 3.93. The fourth-order valence-corrected chi connectivity index (χ4v) is 5.31. The van der Waals surface area contributed by atoms with Crippen LogP contribution in [0.4, 0.5) is 5.82 Å². The quantitative estimate of drug-likeness (QED) is 0.418. The van der Waals surface area contributed by atoms with Crippen molar-refractivity contribution in [2.75, 3.05) is 10.8 Å². The number of hydrogen-bond acceptors (Lipinski definition) is 6. The molecule has 0 N–H and O–H groups in total. The van der Waals surface area contributed by atoms with Gasteiger partial charge in [0.15, 0.2) is 0 Å². The van der Waals surface area contributed by atoms with Crippen LogP contribution >= 0.6 is 0 Å². The van der Waals surface area contributed by atoms with Gasteiger partial charge in [-0.25, -0.2) is 17.7 Å². The van der Waals surface area contributed by atoms with E-state index in [4.69, 9.17) is 9.26 Å². The summed E-state index contributed by atoms with van der Waals surface area (Å²) in [5.74, 6) is 2.46. The van der Waals surface area contributed by atoms with Crippen molar-refractivity contribution >= 4 is 15.8 Å². The highest BCUT2D eigenvalue weighted by Gasteiger charge is 2.31. The molecule has 33 heavy (non-hydrogen) atoms. The number of nitrogens with zero attached hydrogens (tertiary/aromatic N) is 3. The maximum absolute atomic E-state index is 13.6. The number of hydrogen-bond donors (Lipinski definition) is 0. The van der Waals surface area contributed by atoms with E-state index in [0.717, 1.165) is 36.1 Å². The molecule has 176 valence electrons. The van der Waals surface area contributed by atoms with Gasteiger partial charge in [0.05, 0.1) is 16.2 Å². The number of benzene rings is 1. The van der Waals surface area contributed by atoms with Gasteiger partial charge in [-0.15, -0.1) is 0 Å². The molecule has 0 atom stereocenters. The molecular formula is C25H31N3O4S. The molecule has 2 heterocycles. The summed E-state index contributed by atoms with van der Waals surface area (Å²) < 4.78 is 39.6. The van der Waals surface area contributed by atoms with E-state index in [9.17, 15) is 8.42 Å². The average molecular weight is 470 g/mol. The van der Waals surface area contributed by atoms with Crippen molar-refractivity contribution in [3.05, 3.63) is 65.2 Å². The average Bonchev–Trinajstić information content (AvgIpc) is 3.09. The zero-order valence-electron chi connectivity index (χ0n) is 19.6. The molecule has 1 aliphatic rings. The molecule has 4 rings (SSSR count). The topological polar surface area (TPSA) is 85.5 Å². The number of aromatic nitrogens is 2. The number of pyridine rings is 1. The van der Waals surface area contributed by atoms with Gasteiger partial charge in [0, 0.05) is 12.7 Å². The van der Waals surface area contributed by atoms with Crippen molar-refractivity contribution in [3.63, 3.8) is 0 Å². The Kier molecular flexibility index (Phi) is 6.74. The van der Waals surface area contributed by atoms with Crippen LogP contribution in [0.15, 0.2) is 52.0 Å². The third-order valence-electron chi connectivity index (χ3n) is 6.32. The van der Waals surface area contributed by atoms with Crippen LogP contribution in [0.2, 0.25) is 0 Å². The molecule has 2 aromatic heterocycles. The second-order valence-electron chi connectivity index (χ2n) is 9.00. The second-order valence-corrected chi connectivity index (χ2v) is 10.9. The standard InChI is InChI=1S/C25H31N3O4S/c1-17(2)21-8-13-25(26-14-21)28(15-20-6-5-7-20)33(29,30)23-11-9-22(10-12-23)31-16-24-18(3)27-32-19(24)4/h8-14,17,20H,5-7,15-16H2,1-4H3. The van der Waals surface area contributed by atoms with Crippen LogP contribution in [0.25, 0.3) is 0 Å². The molecule has 1 aliphatic carbocycles. The number of sulfonamides is 1. The van der Waals surface area contributed by atoms with Crippen LogP contribution in [0.1, 0.15) is 61.6 Å². The molecule has 0 spiro atoms. The zero-order valence-corrected chi connectivity index (χ0v) is 20.4.